The van der Waals surface area contributed by atoms with Crippen LogP contribution in [-0.4, -0.2) is 4.98 Å². The van der Waals surface area contributed by atoms with Crippen LogP contribution in [0.15, 0.2) is 60.8 Å². The summed E-state index contributed by atoms with van der Waals surface area (Å²) in [4.78, 5) is 4.62. The lowest BCUT2D eigenvalue weighted by atomic mass is 9.82. The minimum atomic E-state index is 0.629. The van der Waals surface area contributed by atoms with Crippen molar-refractivity contribution in [3.63, 3.8) is 0 Å². The van der Waals surface area contributed by atoms with Crippen LogP contribution in [0.25, 0.3) is 10.9 Å². The van der Waals surface area contributed by atoms with E-state index in [1.54, 1.807) is 0 Å². The molecule has 1 fully saturated rings. The molecule has 4 rings (SSSR count). The first kappa shape index (κ1) is 11.0. The number of para-hydroxylation sites is 1. The molecule has 0 bridgehead atoms. The number of pyridine rings is 1. The molecule has 2 aliphatic rings. The first-order valence-electron chi connectivity index (χ1n) is 7.12. The molecule has 1 nitrogen and oxygen atoms in total. The lowest BCUT2D eigenvalue weighted by molar-refractivity contribution is 0.509. The predicted octanol–water partition coefficient (Wildman–Crippen LogP) is 4.47. The molecule has 0 saturated heterocycles. The summed E-state index contributed by atoms with van der Waals surface area (Å²) in [6, 6.07) is 10.8. The van der Waals surface area contributed by atoms with E-state index in [0.29, 0.717) is 11.8 Å². The number of aromatic nitrogens is 1. The second-order valence-electron chi connectivity index (χ2n) is 5.62. The number of hydrogen-bond acceptors (Lipinski definition) is 1. The quantitative estimate of drug-likeness (QED) is 0.724. The highest BCUT2D eigenvalue weighted by molar-refractivity contribution is 5.82. The SMILES string of the molecule is C1=CC2CCC(c3cccc4cccnc34)C2C=C1. The van der Waals surface area contributed by atoms with Gasteiger partial charge < -0.3 is 0 Å². The molecular formula is C18H17N. The fraction of sp³-hybridized carbons (Fsp3) is 0.278. The maximum absolute atomic E-state index is 4.62. The summed E-state index contributed by atoms with van der Waals surface area (Å²) in [7, 11) is 0. The number of nitrogens with zero attached hydrogens (tertiary/aromatic N) is 1. The first-order chi connectivity index (χ1) is 9.43. The Kier molecular flexibility index (Phi) is 2.51. The van der Waals surface area contributed by atoms with Crippen LogP contribution in [0.4, 0.5) is 0 Å². The van der Waals surface area contributed by atoms with E-state index < -0.39 is 0 Å². The minimum Gasteiger partial charge on any atom is -0.256 e. The number of benzene rings is 1. The zero-order valence-electron chi connectivity index (χ0n) is 10.9. The summed E-state index contributed by atoms with van der Waals surface area (Å²) >= 11 is 0. The van der Waals surface area contributed by atoms with Crippen molar-refractivity contribution in [1.29, 1.82) is 0 Å². The molecule has 2 aliphatic carbocycles. The van der Waals surface area contributed by atoms with Crippen LogP contribution in [0.5, 0.6) is 0 Å². The van der Waals surface area contributed by atoms with Crippen molar-refractivity contribution >= 4 is 10.9 Å². The lowest BCUT2D eigenvalue weighted by Crippen LogP contribution is -2.12. The Morgan fingerprint density at radius 1 is 0.947 bits per heavy atom. The van der Waals surface area contributed by atoms with Crippen molar-refractivity contribution in [1.82, 2.24) is 4.98 Å². The Bertz CT molecular complexity index is 663. The third-order valence-electron chi connectivity index (χ3n) is 4.64. The lowest BCUT2D eigenvalue weighted by Gasteiger charge is -2.23. The Balaban J connectivity index is 1.83. The summed E-state index contributed by atoms with van der Waals surface area (Å²) in [6.07, 6.45) is 13.7. The van der Waals surface area contributed by atoms with Gasteiger partial charge in [0.05, 0.1) is 5.52 Å². The van der Waals surface area contributed by atoms with Crippen LogP contribution in [0.3, 0.4) is 0 Å². The zero-order chi connectivity index (χ0) is 12.7. The third kappa shape index (κ3) is 1.73. The summed E-state index contributed by atoms with van der Waals surface area (Å²) in [5, 5.41) is 1.26. The molecule has 1 saturated carbocycles. The molecule has 0 spiro atoms. The van der Waals surface area contributed by atoms with Crippen LogP contribution in [0, 0.1) is 11.8 Å². The number of rotatable bonds is 1. The van der Waals surface area contributed by atoms with Gasteiger partial charge in [0.1, 0.15) is 0 Å². The van der Waals surface area contributed by atoms with Gasteiger partial charge in [0.2, 0.25) is 0 Å². The van der Waals surface area contributed by atoms with E-state index in [2.05, 4.69) is 53.6 Å². The van der Waals surface area contributed by atoms with Gasteiger partial charge in [-0.3, -0.25) is 4.98 Å². The van der Waals surface area contributed by atoms with Gasteiger partial charge in [0.25, 0.3) is 0 Å². The van der Waals surface area contributed by atoms with Gasteiger partial charge in [0, 0.05) is 11.6 Å². The van der Waals surface area contributed by atoms with Gasteiger partial charge in [0.15, 0.2) is 0 Å². The number of hydrogen-bond donors (Lipinski definition) is 0. The second-order valence-corrected chi connectivity index (χ2v) is 5.62. The fourth-order valence-corrected chi connectivity index (χ4v) is 3.75. The van der Waals surface area contributed by atoms with Crippen molar-refractivity contribution in [3.05, 3.63) is 66.4 Å². The van der Waals surface area contributed by atoms with E-state index >= 15 is 0 Å². The standard InChI is InChI=1S/C18H17N/c1-2-8-15-13(5-1)10-11-16(15)17-9-3-6-14-7-4-12-19-18(14)17/h1-9,12-13,15-16H,10-11H2. The molecule has 1 heteroatoms. The Morgan fingerprint density at radius 2 is 1.84 bits per heavy atom. The second kappa shape index (κ2) is 4.34. The summed E-state index contributed by atoms with van der Waals surface area (Å²) < 4.78 is 0. The highest BCUT2D eigenvalue weighted by Crippen LogP contribution is 2.47. The molecule has 0 aliphatic heterocycles. The molecule has 0 N–H and O–H groups in total. The highest BCUT2D eigenvalue weighted by Gasteiger charge is 2.35. The van der Waals surface area contributed by atoms with E-state index in [1.165, 1.54) is 29.3 Å². The van der Waals surface area contributed by atoms with Crippen molar-refractivity contribution in [2.24, 2.45) is 11.8 Å². The molecule has 0 amide bonds. The van der Waals surface area contributed by atoms with E-state index in [1.807, 2.05) is 12.3 Å². The molecule has 19 heavy (non-hydrogen) atoms. The van der Waals surface area contributed by atoms with E-state index in [9.17, 15) is 0 Å². The van der Waals surface area contributed by atoms with Crippen molar-refractivity contribution in [3.8, 4) is 0 Å². The Hall–Kier alpha value is -1.89. The van der Waals surface area contributed by atoms with Crippen LogP contribution >= 0.6 is 0 Å². The summed E-state index contributed by atoms with van der Waals surface area (Å²) in [5.41, 5.74) is 2.63. The van der Waals surface area contributed by atoms with Crippen LogP contribution in [0.2, 0.25) is 0 Å². The van der Waals surface area contributed by atoms with Crippen molar-refractivity contribution in [2.75, 3.05) is 0 Å². The monoisotopic (exact) mass is 247 g/mol. The molecule has 0 radical (unpaired) electrons. The average molecular weight is 247 g/mol. The summed E-state index contributed by atoms with van der Waals surface area (Å²) in [6.45, 7) is 0. The molecule has 2 aromatic rings. The summed E-state index contributed by atoms with van der Waals surface area (Å²) in [5.74, 6) is 2.02. The van der Waals surface area contributed by atoms with Crippen molar-refractivity contribution in [2.45, 2.75) is 18.8 Å². The maximum atomic E-state index is 4.62. The normalized spacial score (nSPS) is 28.7. The van der Waals surface area contributed by atoms with E-state index in [0.717, 1.165) is 5.92 Å². The van der Waals surface area contributed by atoms with Crippen LogP contribution < -0.4 is 0 Å². The fourth-order valence-electron chi connectivity index (χ4n) is 3.75. The van der Waals surface area contributed by atoms with Gasteiger partial charge in [-0.15, -0.1) is 0 Å². The van der Waals surface area contributed by atoms with Gasteiger partial charge >= 0.3 is 0 Å². The molecule has 3 unspecified atom stereocenters. The van der Waals surface area contributed by atoms with Crippen molar-refractivity contribution < 1.29 is 0 Å². The molecule has 1 aromatic carbocycles. The van der Waals surface area contributed by atoms with Gasteiger partial charge in [-0.1, -0.05) is 48.6 Å². The van der Waals surface area contributed by atoms with Crippen LogP contribution in [0.1, 0.15) is 24.3 Å². The first-order valence-corrected chi connectivity index (χ1v) is 7.12. The predicted molar refractivity (Wildman–Crippen MR) is 79.0 cm³/mol. The number of fused-ring (bicyclic) bond motifs is 2. The molecule has 1 heterocycles. The Morgan fingerprint density at radius 3 is 2.84 bits per heavy atom. The van der Waals surface area contributed by atoms with Gasteiger partial charge in [-0.05, 0) is 42.2 Å². The molecular weight excluding hydrogens is 230 g/mol. The van der Waals surface area contributed by atoms with Gasteiger partial charge in [-0.2, -0.15) is 0 Å². The van der Waals surface area contributed by atoms with E-state index in [4.69, 9.17) is 0 Å². The molecule has 1 aromatic heterocycles. The maximum Gasteiger partial charge on any atom is 0.0736 e. The largest absolute Gasteiger partial charge is 0.256 e. The Labute approximate surface area is 113 Å². The minimum absolute atomic E-state index is 0.629. The molecule has 94 valence electrons. The van der Waals surface area contributed by atoms with E-state index in [-0.39, 0.29) is 0 Å². The zero-order valence-corrected chi connectivity index (χ0v) is 10.9. The average Bonchev–Trinajstić information content (AvgIpc) is 2.90. The third-order valence-corrected chi connectivity index (χ3v) is 4.64. The van der Waals surface area contributed by atoms with Crippen LogP contribution in [-0.2, 0) is 0 Å². The smallest absolute Gasteiger partial charge is 0.0736 e. The number of allylic oxidation sites excluding steroid dienone is 4. The van der Waals surface area contributed by atoms with Gasteiger partial charge in [-0.25, -0.2) is 0 Å². The topological polar surface area (TPSA) is 12.9 Å². The highest BCUT2D eigenvalue weighted by atomic mass is 14.7. The molecule has 3 atom stereocenters.